The van der Waals surface area contributed by atoms with Crippen molar-refractivity contribution in [3.63, 3.8) is 0 Å². The van der Waals surface area contributed by atoms with E-state index in [1.165, 1.54) is 0 Å². The first-order chi connectivity index (χ1) is 10.9. The second kappa shape index (κ2) is 7.43. The fourth-order valence-corrected chi connectivity index (χ4v) is 2.39. The summed E-state index contributed by atoms with van der Waals surface area (Å²) in [5.74, 6) is 1.20. The largest absolute Gasteiger partial charge is 0.450 e. The predicted molar refractivity (Wildman–Crippen MR) is 88.4 cm³/mol. The maximum absolute atomic E-state index is 11.7. The molecule has 1 aromatic rings. The number of nitrogens with zero attached hydrogens (tertiary/aromatic N) is 4. The Morgan fingerprint density at radius 2 is 2.09 bits per heavy atom. The summed E-state index contributed by atoms with van der Waals surface area (Å²) >= 11 is 0. The monoisotopic (exact) mass is 322 g/mol. The number of carbonyl (C=O) groups excluding carboxylic acids is 1. The highest BCUT2D eigenvalue weighted by Crippen LogP contribution is 2.17. The molecule has 1 aromatic heterocycles. The highest BCUT2D eigenvalue weighted by atomic mass is 16.6. The van der Waals surface area contributed by atoms with Gasteiger partial charge in [-0.1, -0.05) is 0 Å². The molecule has 1 aliphatic heterocycles. The summed E-state index contributed by atoms with van der Waals surface area (Å²) in [4.78, 5) is 17.9. The molecule has 1 fully saturated rings. The molecule has 2 rings (SSSR count). The zero-order valence-corrected chi connectivity index (χ0v) is 14.3. The van der Waals surface area contributed by atoms with E-state index in [0.29, 0.717) is 31.5 Å². The van der Waals surface area contributed by atoms with Crippen LogP contribution in [0.15, 0.2) is 6.20 Å². The number of nitrogens with one attached hydrogen (secondary N) is 2. The number of rotatable bonds is 4. The SMILES string of the molecule is CCOC(=O)N1CCC(Nc2cnnc(NC(C)(C)C)n2)CC1. The molecule has 0 saturated carbocycles. The lowest BCUT2D eigenvalue weighted by Crippen LogP contribution is -2.42. The van der Waals surface area contributed by atoms with Crippen molar-refractivity contribution in [3.8, 4) is 0 Å². The third-order valence-electron chi connectivity index (χ3n) is 3.42. The average Bonchev–Trinajstić information content (AvgIpc) is 2.47. The van der Waals surface area contributed by atoms with Crippen LogP contribution in [0.3, 0.4) is 0 Å². The van der Waals surface area contributed by atoms with Gasteiger partial charge in [-0.25, -0.2) is 4.79 Å². The van der Waals surface area contributed by atoms with Crippen molar-refractivity contribution in [1.29, 1.82) is 0 Å². The van der Waals surface area contributed by atoms with Crippen molar-refractivity contribution >= 4 is 17.9 Å². The number of hydrogen-bond donors (Lipinski definition) is 2. The lowest BCUT2D eigenvalue weighted by atomic mass is 10.1. The van der Waals surface area contributed by atoms with Gasteiger partial charge < -0.3 is 20.3 Å². The van der Waals surface area contributed by atoms with Crippen molar-refractivity contribution in [2.24, 2.45) is 0 Å². The number of piperidine rings is 1. The number of likely N-dealkylation sites (tertiary alicyclic amines) is 1. The fourth-order valence-electron chi connectivity index (χ4n) is 2.39. The Morgan fingerprint density at radius 1 is 1.39 bits per heavy atom. The molecule has 0 aromatic carbocycles. The van der Waals surface area contributed by atoms with Gasteiger partial charge in [0.1, 0.15) is 0 Å². The summed E-state index contributed by atoms with van der Waals surface area (Å²) in [5, 5.41) is 14.5. The quantitative estimate of drug-likeness (QED) is 0.877. The zero-order valence-electron chi connectivity index (χ0n) is 14.3. The van der Waals surface area contributed by atoms with Gasteiger partial charge in [-0.05, 0) is 40.5 Å². The predicted octanol–water partition coefficient (Wildman–Crippen LogP) is 2.11. The van der Waals surface area contributed by atoms with E-state index < -0.39 is 0 Å². The highest BCUT2D eigenvalue weighted by molar-refractivity contribution is 5.67. The van der Waals surface area contributed by atoms with Crippen LogP contribution >= 0.6 is 0 Å². The van der Waals surface area contributed by atoms with Crippen LogP contribution in [-0.4, -0.2) is 57.5 Å². The third-order valence-corrected chi connectivity index (χ3v) is 3.42. The number of anilines is 2. The van der Waals surface area contributed by atoms with Gasteiger partial charge in [0, 0.05) is 24.7 Å². The van der Waals surface area contributed by atoms with Crippen LogP contribution in [0.4, 0.5) is 16.6 Å². The second-order valence-electron chi connectivity index (χ2n) is 6.64. The molecule has 0 unspecified atom stereocenters. The van der Waals surface area contributed by atoms with Crippen LogP contribution in [0.2, 0.25) is 0 Å². The van der Waals surface area contributed by atoms with Crippen LogP contribution in [0.25, 0.3) is 0 Å². The van der Waals surface area contributed by atoms with Crippen molar-refractivity contribution in [3.05, 3.63) is 6.20 Å². The first kappa shape index (κ1) is 17.2. The number of amides is 1. The molecule has 1 aliphatic rings. The van der Waals surface area contributed by atoms with Gasteiger partial charge in [-0.15, -0.1) is 5.10 Å². The summed E-state index contributed by atoms with van der Waals surface area (Å²) in [6, 6.07) is 0.264. The zero-order chi connectivity index (χ0) is 16.9. The van der Waals surface area contributed by atoms with Gasteiger partial charge >= 0.3 is 6.09 Å². The minimum Gasteiger partial charge on any atom is -0.450 e. The van der Waals surface area contributed by atoms with Gasteiger partial charge in [-0.2, -0.15) is 10.1 Å². The van der Waals surface area contributed by atoms with Crippen LogP contribution < -0.4 is 10.6 Å². The van der Waals surface area contributed by atoms with Crippen LogP contribution in [0, 0.1) is 0 Å². The Bertz CT molecular complexity index is 523. The van der Waals surface area contributed by atoms with Crippen molar-refractivity contribution < 1.29 is 9.53 Å². The van der Waals surface area contributed by atoms with Crippen molar-refractivity contribution in [2.75, 3.05) is 30.3 Å². The fraction of sp³-hybridized carbons (Fsp3) is 0.733. The van der Waals surface area contributed by atoms with Crippen LogP contribution in [0.1, 0.15) is 40.5 Å². The number of aromatic nitrogens is 3. The number of ether oxygens (including phenoxy) is 1. The molecule has 0 atom stereocenters. The minimum absolute atomic E-state index is 0.120. The Morgan fingerprint density at radius 3 is 2.70 bits per heavy atom. The molecule has 0 spiro atoms. The maximum atomic E-state index is 11.7. The smallest absolute Gasteiger partial charge is 0.409 e. The maximum Gasteiger partial charge on any atom is 0.409 e. The summed E-state index contributed by atoms with van der Waals surface area (Å²) in [7, 11) is 0. The Hall–Kier alpha value is -2.12. The molecule has 0 bridgehead atoms. The van der Waals surface area contributed by atoms with E-state index in [0.717, 1.165) is 12.8 Å². The van der Waals surface area contributed by atoms with E-state index in [1.54, 1.807) is 11.1 Å². The molecule has 0 radical (unpaired) electrons. The minimum atomic E-state index is -0.230. The molecule has 8 heteroatoms. The number of hydrogen-bond acceptors (Lipinski definition) is 7. The summed E-state index contributed by atoms with van der Waals surface area (Å²) in [5.41, 5.74) is -0.120. The van der Waals surface area contributed by atoms with Gasteiger partial charge in [0.05, 0.1) is 12.8 Å². The lowest BCUT2D eigenvalue weighted by molar-refractivity contribution is 0.0983. The topological polar surface area (TPSA) is 92.3 Å². The molecule has 1 saturated heterocycles. The molecule has 0 aliphatic carbocycles. The lowest BCUT2D eigenvalue weighted by Gasteiger charge is -2.31. The standard InChI is InChI=1S/C15H26N6O2/c1-5-23-14(22)21-8-6-11(7-9-21)17-12-10-16-20-13(18-12)19-15(2,3)4/h10-11H,5-9H2,1-4H3,(H2,17,18,19,20). The van der Waals surface area contributed by atoms with Crippen LogP contribution in [0.5, 0.6) is 0 Å². The third kappa shape index (κ3) is 5.54. The summed E-state index contributed by atoms with van der Waals surface area (Å²) in [6.45, 7) is 9.72. The van der Waals surface area contributed by atoms with E-state index in [2.05, 4.69) is 25.8 Å². The Labute approximate surface area is 137 Å². The molecular weight excluding hydrogens is 296 g/mol. The molecule has 8 nitrogen and oxygen atoms in total. The van der Waals surface area contributed by atoms with E-state index in [1.807, 2.05) is 27.7 Å². The molecule has 2 N–H and O–H groups in total. The van der Waals surface area contributed by atoms with Crippen molar-refractivity contribution in [2.45, 2.75) is 52.1 Å². The number of carbonyl (C=O) groups is 1. The highest BCUT2D eigenvalue weighted by Gasteiger charge is 2.24. The van der Waals surface area contributed by atoms with E-state index in [9.17, 15) is 4.79 Å². The normalized spacial score (nSPS) is 16.1. The van der Waals surface area contributed by atoms with Crippen molar-refractivity contribution in [1.82, 2.24) is 20.1 Å². The van der Waals surface area contributed by atoms with E-state index >= 15 is 0 Å². The Kier molecular flexibility index (Phi) is 5.57. The van der Waals surface area contributed by atoms with Gasteiger partial charge in [-0.3, -0.25) is 0 Å². The first-order valence-electron chi connectivity index (χ1n) is 8.03. The van der Waals surface area contributed by atoms with E-state index in [4.69, 9.17) is 4.74 Å². The van der Waals surface area contributed by atoms with Gasteiger partial charge in [0.2, 0.25) is 5.95 Å². The van der Waals surface area contributed by atoms with Crippen LogP contribution in [-0.2, 0) is 4.74 Å². The average molecular weight is 322 g/mol. The van der Waals surface area contributed by atoms with Gasteiger partial charge in [0.25, 0.3) is 0 Å². The molecule has 2 heterocycles. The molecule has 23 heavy (non-hydrogen) atoms. The van der Waals surface area contributed by atoms with E-state index in [-0.39, 0.29) is 17.7 Å². The Balaban J connectivity index is 1.87. The summed E-state index contributed by atoms with van der Waals surface area (Å²) in [6.07, 6.45) is 3.09. The van der Waals surface area contributed by atoms with Gasteiger partial charge in [0.15, 0.2) is 5.82 Å². The first-order valence-corrected chi connectivity index (χ1v) is 8.03. The summed E-state index contributed by atoms with van der Waals surface area (Å²) < 4.78 is 5.02. The molecular formula is C15H26N6O2. The molecule has 128 valence electrons. The molecule has 1 amide bonds. The second-order valence-corrected chi connectivity index (χ2v) is 6.64.